The Morgan fingerprint density at radius 3 is 2.49 bits per heavy atom. The summed E-state index contributed by atoms with van der Waals surface area (Å²) in [5.74, 6) is 2.28. The lowest BCUT2D eigenvalue weighted by molar-refractivity contribution is 0.0700. The van der Waals surface area contributed by atoms with Crippen LogP contribution in [0.1, 0.15) is 60.4 Å². The fourth-order valence-electron chi connectivity index (χ4n) is 9.03. The number of hydrogen-bond acceptors (Lipinski definition) is 5. The van der Waals surface area contributed by atoms with Crippen LogP contribution < -0.4 is 15.8 Å². The van der Waals surface area contributed by atoms with E-state index in [1.807, 2.05) is 24.1 Å². The molecule has 3 aromatic carbocycles. The average molecular weight is 690 g/mol. The lowest BCUT2D eigenvalue weighted by Crippen LogP contribution is -2.41. The molecule has 2 aromatic heterocycles. The van der Waals surface area contributed by atoms with Crippen LogP contribution in [-0.4, -0.2) is 74.7 Å². The summed E-state index contributed by atoms with van der Waals surface area (Å²) in [5.41, 5.74) is 12.4. The van der Waals surface area contributed by atoms with E-state index >= 15 is 0 Å². The molecular formula is C40H44FN7O3. The van der Waals surface area contributed by atoms with Gasteiger partial charge in [-0.1, -0.05) is 30.3 Å². The van der Waals surface area contributed by atoms with Crippen molar-refractivity contribution in [2.24, 2.45) is 24.6 Å². The number of nitrogens with one attached hydrogen (secondary N) is 1. The Morgan fingerprint density at radius 2 is 1.78 bits per heavy atom. The summed E-state index contributed by atoms with van der Waals surface area (Å²) in [5, 5.41) is 3.91. The molecule has 5 aromatic rings. The van der Waals surface area contributed by atoms with Crippen molar-refractivity contribution in [1.82, 2.24) is 23.9 Å². The number of halogens is 1. The molecule has 0 spiro atoms. The Labute approximate surface area is 296 Å². The van der Waals surface area contributed by atoms with E-state index < -0.39 is 5.82 Å². The smallest absolute Gasteiger partial charge is 0.321 e. The van der Waals surface area contributed by atoms with Crippen LogP contribution in [0.25, 0.3) is 33.5 Å². The number of nitrogens with zero attached hydrogens (tertiary/aromatic N) is 5. The van der Waals surface area contributed by atoms with Crippen molar-refractivity contribution in [1.29, 1.82) is 0 Å². The van der Waals surface area contributed by atoms with E-state index in [2.05, 4.69) is 38.7 Å². The second-order valence-electron chi connectivity index (χ2n) is 15.0. The van der Waals surface area contributed by atoms with Crippen LogP contribution in [0.4, 0.5) is 14.9 Å². The van der Waals surface area contributed by atoms with Crippen molar-refractivity contribution >= 4 is 39.6 Å². The number of benzene rings is 3. The number of methoxy groups -OCH3 is 1. The zero-order chi connectivity index (χ0) is 35.0. The maximum atomic E-state index is 14.2. The Bertz CT molecular complexity index is 2180. The zero-order valence-electron chi connectivity index (χ0n) is 29.1. The Morgan fingerprint density at radius 1 is 0.980 bits per heavy atom. The molecule has 0 radical (unpaired) electrons. The highest BCUT2D eigenvalue weighted by molar-refractivity contribution is 6.01. The molecule has 2 saturated carbocycles. The molecule has 9 rings (SSSR count). The van der Waals surface area contributed by atoms with Crippen LogP contribution >= 0.6 is 0 Å². The number of rotatable bonds is 7. The summed E-state index contributed by atoms with van der Waals surface area (Å²) in [7, 11) is 3.67. The highest BCUT2D eigenvalue weighted by atomic mass is 19.1. The predicted molar refractivity (Wildman–Crippen MR) is 195 cm³/mol. The summed E-state index contributed by atoms with van der Waals surface area (Å²) in [4.78, 5) is 35.8. The number of urea groups is 1. The summed E-state index contributed by atoms with van der Waals surface area (Å²) in [6.07, 6.45) is 6.10. The number of carbonyl (C=O) groups is 2. The zero-order valence-corrected chi connectivity index (χ0v) is 29.1. The topological polar surface area (TPSA) is 111 Å². The summed E-state index contributed by atoms with van der Waals surface area (Å²) in [6.45, 7) is 2.80. The first kappa shape index (κ1) is 32.0. The van der Waals surface area contributed by atoms with Gasteiger partial charge in [-0.2, -0.15) is 0 Å². The first-order valence-corrected chi connectivity index (χ1v) is 18.3. The Balaban J connectivity index is 1.04. The van der Waals surface area contributed by atoms with Gasteiger partial charge in [0.25, 0.3) is 5.91 Å². The van der Waals surface area contributed by atoms with Gasteiger partial charge in [0.15, 0.2) is 5.82 Å². The number of aryl methyl sites for hydroxylation is 1. The number of likely N-dealkylation sites (tertiary alicyclic amines) is 2. The molecule has 10 nitrogen and oxygen atoms in total. The standard InChI is InChI=1S/C40H44FN7O3/c1-45-37-31(18-27(20-34(37)51-2)39(49)48-22-26-12-13-32(48)35(26)42)43-38(45)33-19-25-6-5-7-28(36(25)47(33)21-23-10-11-23)24-14-16-46(17-15-24)40(50)44-30-9-4-3-8-29(30)41/h3-9,18-20,23-24,26,32,35H,10-17,21-22,42H2,1-2H3,(H,44,50)/t26-,32-,35-/m1/s1. The van der Waals surface area contributed by atoms with Crippen LogP contribution in [0.2, 0.25) is 0 Å². The second kappa shape index (κ2) is 12.4. The normalized spacial score (nSPS) is 22.0. The van der Waals surface area contributed by atoms with Gasteiger partial charge in [0.2, 0.25) is 0 Å². The molecule has 2 saturated heterocycles. The highest BCUT2D eigenvalue weighted by Gasteiger charge is 2.47. The molecular weight excluding hydrogens is 645 g/mol. The van der Waals surface area contributed by atoms with Crippen molar-refractivity contribution in [2.75, 3.05) is 32.1 Å². The summed E-state index contributed by atoms with van der Waals surface area (Å²) >= 11 is 0. The minimum atomic E-state index is -0.438. The Kier molecular flexibility index (Phi) is 7.79. The number of para-hydroxylation sites is 2. The molecule has 4 heterocycles. The number of carbonyl (C=O) groups excluding carboxylic acids is 2. The van der Waals surface area contributed by atoms with E-state index in [1.165, 1.54) is 30.0 Å². The number of hydrogen-bond donors (Lipinski definition) is 2. The second-order valence-corrected chi connectivity index (χ2v) is 15.0. The molecule has 264 valence electrons. The van der Waals surface area contributed by atoms with Crippen LogP contribution in [0.5, 0.6) is 5.75 Å². The minimum absolute atomic E-state index is 0.00620. The van der Waals surface area contributed by atoms with Gasteiger partial charge >= 0.3 is 6.03 Å². The molecule has 3 amide bonds. The van der Waals surface area contributed by atoms with Crippen LogP contribution in [0.3, 0.4) is 0 Å². The number of piperidine rings is 2. The molecule has 2 aliphatic carbocycles. The van der Waals surface area contributed by atoms with Gasteiger partial charge in [-0.3, -0.25) is 4.79 Å². The first-order chi connectivity index (χ1) is 24.8. The molecule has 2 bridgehead atoms. The molecule has 3 atom stereocenters. The van der Waals surface area contributed by atoms with Crippen molar-refractivity contribution in [2.45, 2.75) is 63.1 Å². The minimum Gasteiger partial charge on any atom is -0.494 e. The fraction of sp³-hybridized carbons (Fsp3) is 0.425. The van der Waals surface area contributed by atoms with Gasteiger partial charge in [-0.05, 0) is 92.2 Å². The predicted octanol–water partition coefficient (Wildman–Crippen LogP) is 6.73. The van der Waals surface area contributed by atoms with Gasteiger partial charge in [-0.15, -0.1) is 0 Å². The van der Waals surface area contributed by atoms with Crippen molar-refractivity contribution < 1.29 is 18.7 Å². The van der Waals surface area contributed by atoms with Crippen LogP contribution in [-0.2, 0) is 13.6 Å². The van der Waals surface area contributed by atoms with Gasteiger partial charge in [0.1, 0.15) is 17.1 Å². The maximum absolute atomic E-state index is 14.2. The highest BCUT2D eigenvalue weighted by Crippen LogP contribution is 2.42. The maximum Gasteiger partial charge on any atom is 0.321 e. The molecule has 2 aliphatic heterocycles. The average Bonchev–Trinajstić information content (AvgIpc) is 3.53. The van der Waals surface area contributed by atoms with Gasteiger partial charge in [-0.25, -0.2) is 14.2 Å². The lowest BCUT2D eigenvalue weighted by Gasteiger charge is -2.32. The number of amides is 3. The summed E-state index contributed by atoms with van der Waals surface area (Å²) < 4.78 is 24.7. The largest absolute Gasteiger partial charge is 0.494 e. The molecule has 4 fully saturated rings. The van der Waals surface area contributed by atoms with Gasteiger partial charge < -0.3 is 34.7 Å². The number of aromatic nitrogens is 3. The monoisotopic (exact) mass is 689 g/mol. The van der Waals surface area contributed by atoms with E-state index in [9.17, 15) is 14.0 Å². The quantitative estimate of drug-likeness (QED) is 0.197. The van der Waals surface area contributed by atoms with Gasteiger partial charge in [0.05, 0.1) is 29.5 Å². The number of fused-ring (bicyclic) bond motifs is 4. The SMILES string of the molecule is COc1cc(C(=O)N2C[C@H]3CC[C@@H]2[C@@H]3N)cc2nc(-c3cc4cccc(C5CCN(C(=O)Nc6ccccc6F)CC5)c4n3CC3CC3)n(C)c12. The van der Waals surface area contributed by atoms with Crippen LogP contribution in [0, 0.1) is 17.7 Å². The number of imidazole rings is 1. The first-order valence-electron chi connectivity index (χ1n) is 18.3. The third-order valence-corrected chi connectivity index (χ3v) is 12.0. The van der Waals surface area contributed by atoms with Crippen molar-refractivity contribution in [3.05, 3.63) is 77.6 Å². The molecule has 3 N–H and O–H groups in total. The molecule has 11 heteroatoms. The van der Waals surface area contributed by atoms with E-state index in [0.29, 0.717) is 42.8 Å². The van der Waals surface area contributed by atoms with E-state index in [-0.39, 0.29) is 35.6 Å². The molecule has 51 heavy (non-hydrogen) atoms. The van der Waals surface area contributed by atoms with E-state index in [4.69, 9.17) is 15.5 Å². The fourth-order valence-corrected chi connectivity index (χ4v) is 9.03. The van der Waals surface area contributed by atoms with Crippen LogP contribution in [0.15, 0.2) is 60.7 Å². The third kappa shape index (κ3) is 5.44. The number of ether oxygens (including phenoxy) is 1. The number of anilines is 1. The third-order valence-electron chi connectivity index (χ3n) is 12.0. The molecule has 0 unspecified atom stereocenters. The molecule has 4 aliphatic rings. The van der Waals surface area contributed by atoms with E-state index in [0.717, 1.165) is 60.2 Å². The van der Waals surface area contributed by atoms with Crippen molar-refractivity contribution in [3.8, 4) is 17.3 Å². The lowest BCUT2D eigenvalue weighted by atomic mass is 9.88. The van der Waals surface area contributed by atoms with E-state index in [1.54, 1.807) is 30.2 Å². The number of nitrogens with two attached hydrogens (primary N) is 1. The Hall–Kier alpha value is -4.90. The van der Waals surface area contributed by atoms with Gasteiger partial charge in [0, 0.05) is 56.3 Å². The van der Waals surface area contributed by atoms with Crippen molar-refractivity contribution in [3.63, 3.8) is 0 Å². The summed E-state index contributed by atoms with van der Waals surface area (Å²) in [6, 6.07) is 18.7.